The lowest BCUT2D eigenvalue weighted by molar-refractivity contribution is -0.148. The van der Waals surface area contributed by atoms with E-state index in [1.54, 1.807) is 0 Å². The topological polar surface area (TPSA) is 102 Å². The summed E-state index contributed by atoms with van der Waals surface area (Å²) in [7, 11) is 1.44. The van der Waals surface area contributed by atoms with Crippen LogP contribution in [0.4, 0.5) is 8.78 Å². The van der Waals surface area contributed by atoms with Crippen LogP contribution in [-0.4, -0.2) is 55.0 Å². The van der Waals surface area contributed by atoms with Gasteiger partial charge in [0, 0.05) is 13.2 Å². The molecule has 0 heterocycles. The summed E-state index contributed by atoms with van der Waals surface area (Å²) < 4.78 is 31.5. The number of imide groups is 1. The van der Waals surface area contributed by atoms with Gasteiger partial charge in [0.1, 0.15) is 17.7 Å². The predicted octanol–water partition coefficient (Wildman–Crippen LogP) is 1.53. The number of rotatable bonds is 11. The second-order valence-corrected chi connectivity index (χ2v) is 6.81. The number of benzene rings is 1. The Morgan fingerprint density at radius 3 is 2.34 bits per heavy atom. The van der Waals surface area contributed by atoms with E-state index >= 15 is 0 Å². The Bertz CT molecular complexity index is 695. The lowest BCUT2D eigenvalue weighted by atomic mass is 10.1. The normalized spacial score (nSPS) is 12.9. The van der Waals surface area contributed by atoms with Crippen molar-refractivity contribution in [2.45, 2.75) is 51.6 Å². The first kappa shape index (κ1) is 24.6. The fourth-order valence-electron chi connectivity index (χ4n) is 2.75. The first-order valence-electron chi connectivity index (χ1n) is 9.53. The van der Waals surface area contributed by atoms with Crippen LogP contribution in [0.2, 0.25) is 0 Å². The van der Waals surface area contributed by atoms with E-state index in [2.05, 4.69) is 5.32 Å². The molecule has 1 aromatic carbocycles. The molecular weight excluding hydrogens is 384 g/mol. The number of ether oxygens (including phenoxy) is 1. The van der Waals surface area contributed by atoms with E-state index in [0.29, 0.717) is 12.5 Å². The van der Waals surface area contributed by atoms with E-state index in [-0.39, 0.29) is 25.1 Å². The third-order valence-electron chi connectivity index (χ3n) is 4.27. The Kier molecular flexibility index (Phi) is 10.4. The van der Waals surface area contributed by atoms with Gasteiger partial charge in [-0.2, -0.15) is 0 Å². The van der Waals surface area contributed by atoms with E-state index < -0.39 is 41.4 Å². The van der Waals surface area contributed by atoms with Gasteiger partial charge in [-0.3, -0.25) is 19.3 Å². The van der Waals surface area contributed by atoms with Gasteiger partial charge in [0.2, 0.25) is 11.8 Å². The summed E-state index contributed by atoms with van der Waals surface area (Å²) in [6.07, 6.45) is 1.74. The molecule has 0 aromatic heterocycles. The number of nitrogens with one attached hydrogen (secondary N) is 1. The number of amides is 3. The Labute approximate surface area is 169 Å². The number of hydrogen-bond acceptors (Lipinski definition) is 5. The van der Waals surface area contributed by atoms with Crippen molar-refractivity contribution in [3.63, 3.8) is 0 Å². The Morgan fingerprint density at radius 1 is 1.17 bits per heavy atom. The fraction of sp³-hybridized carbons (Fsp3) is 0.550. The number of carbonyl (C=O) groups is 3. The number of halogens is 2. The number of carbonyl (C=O) groups excluding carboxylic acids is 3. The van der Waals surface area contributed by atoms with Gasteiger partial charge in [-0.15, -0.1) is 0 Å². The van der Waals surface area contributed by atoms with Crippen molar-refractivity contribution in [1.82, 2.24) is 10.2 Å². The van der Waals surface area contributed by atoms with Crippen LogP contribution < -0.4 is 11.1 Å². The second kappa shape index (κ2) is 12.2. The fourth-order valence-corrected chi connectivity index (χ4v) is 2.75. The van der Waals surface area contributed by atoms with Crippen LogP contribution >= 0.6 is 0 Å². The maximum atomic E-state index is 13.3. The molecule has 7 nitrogen and oxygen atoms in total. The third-order valence-corrected chi connectivity index (χ3v) is 4.27. The molecule has 1 aromatic rings. The van der Waals surface area contributed by atoms with E-state index in [1.807, 2.05) is 6.92 Å². The van der Waals surface area contributed by atoms with Gasteiger partial charge in [-0.25, -0.2) is 8.78 Å². The summed E-state index contributed by atoms with van der Waals surface area (Å²) in [6.45, 7) is 3.52. The smallest absolute Gasteiger partial charge is 0.251 e. The van der Waals surface area contributed by atoms with Crippen molar-refractivity contribution in [2.24, 2.45) is 5.73 Å². The number of nitrogens with zero attached hydrogens (tertiary/aromatic N) is 1. The third kappa shape index (κ3) is 8.25. The molecule has 1 rings (SSSR count). The summed E-state index contributed by atoms with van der Waals surface area (Å²) in [5.74, 6) is -3.36. The van der Waals surface area contributed by atoms with E-state index in [4.69, 9.17) is 10.5 Å². The lowest BCUT2D eigenvalue weighted by Gasteiger charge is -2.27. The molecule has 29 heavy (non-hydrogen) atoms. The quantitative estimate of drug-likeness (QED) is 0.573. The van der Waals surface area contributed by atoms with Crippen molar-refractivity contribution in [3.8, 4) is 0 Å². The molecule has 0 aliphatic heterocycles. The molecule has 0 aliphatic rings. The van der Waals surface area contributed by atoms with Crippen LogP contribution in [0.5, 0.6) is 0 Å². The number of hydrogen-bond donors (Lipinski definition) is 2. The van der Waals surface area contributed by atoms with E-state index in [1.165, 1.54) is 14.0 Å². The number of unbranched alkanes of at least 4 members (excludes halogenated alkanes) is 1. The molecule has 1 unspecified atom stereocenters. The van der Waals surface area contributed by atoms with Gasteiger partial charge in [0.15, 0.2) is 0 Å². The van der Waals surface area contributed by atoms with Crippen molar-refractivity contribution < 1.29 is 27.9 Å². The Balaban J connectivity index is 2.78. The largest absolute Gasteiger partial charge is 0.383 e. The number of nitrogens with two attached hydrogens (primary N) is 1. The molecule has 0 bridgehead atoms. The maximum Gasteiger partial charge on any atom is 0.251 e. The zero-order chi connectivity index (χ0) is 22.0. The lowest BCUT2D eigenvalue weighted by Crippen LogP contribution is -2.54. The average Bonchev–Trinajstić information content (AvgIpc) is 2.64. The minimum Gasteiger partial charge on any atom is -0.383 e. The Morgan fingerprint density at radius 2 is 1.79 bits per heavy atom. The predicted molar refractivity (Wildman–Crippen MR) is 104 cm³/mol. The summed E-state index contributed by atoms with van der Waals surface area (Å²) in [5, 5.41) is 2.45. The maximum absolute atomic E-state index is 13.3. The highest BCUT2D eigenvalue weighted by molar-refractivity contribution is 6.01. The van der Waals surface area contributed by atoms with Gasteiger partial charge in [0.05, 0.1) is 25.6 Å². The molecule has 0 aliphatic carbocycles. The summed E-state index contributed by atoms with van der Waals surface area (Å²) >= 11 is 0. The van der Waals surface area contributed by atoms with E-state index in [0.717, 1.165) is 29.9 Å². The zero-order valence-corrected chi connectivity index (χ0v) is 17.0. The molecular formula is C20H29F2N3O4. The van der Waals surface area contributed by atoms with E-state index in [9.17, 15) is 23.2 Å². The Hall–Kier alpha value is -2.39. The minimum absolute atomic E-state index is 0.00328. The SMILES string of the molecule is CCCCC(N)C(=O)N(CCOC)C(=O)[C@H](C)NC(=O)Cc1cc(F)cc(F)c1. The van der Waals surface area contributed by atoms with Crippen LogP contribution in [0.25, 0.3) is 0 Å². The van der Waals surface area contributed by atoms with Gasteiger partial charge in [-0.1, -0.05) is 19.8 Å². The van der Waals surface area contributed by atoms with Crippen molar-refractivity contribution >= 4 is 17.7 Å². The second-order valence-electron chi connectivity index (χ2n) is 6.81. The molecule has 0 spiro atoms. The van der Waals surface area contributed by atoms with Crippen LogP contribution in [-0.2, 0) is 25.5 Å². The average molecular weight is 413 g/mol. The first-order chi connectivity index (χ1) is 13.7. The van der Waals surface area contributed by atoms with Crippen LogP contribution in [0.1, 0.15) is 38.7 Å². The molecule has 162 valence electrons. The van der Waals surface area contributed by atoms with Crippen LogP contribution in [0.15, 0.2) is 18.2 Å². The highest BCUT2D eigenvalue weighted by Gasteiger charge is 2.30. The summed E-state index contributed by atoms with van der Waals surface area (Å²) in [4.78, 5) is 38.5. The van der Waals surface area contributed by atoms with Crippen LogP contribution in [0, 0.1) is 11.6 Å². The first-order valence-corrected chi connectivity index (χ1v) is 9.53. The molecule has 0 radical (unpaired) electrons. The zero-order valence-electron chi connectivity index (χ0n) is 17.0. The molecule has 9 heteroatoms. The highest BCUT2D eigenvalue weighted by atomic mass is 19.1. The van der Waals surface area contributed by atoms with Gasteiger partial charge < -0.3 is 15.8 Å². The summed E-state index contributed by atoms with van der Waals surface area (Å²) in [5.41, 5.74) is 6.04. The highest BCUT2D eigenvalue weighted by Crippen LogP contribution is 2.09. The van der Waals surface area contributed by atoms with Crippen molar-refractivity contribution in [2.75, 3.05) is 20.3 Å². The molecule has 0 saturated carbocycles. The molecule has 0 saturated heterocycles. The molecule has 3 N–H and O–H groups in total. The van der Waals surface area contributed by atoms with Crippen molar-refractivity contribution in [1.29, 1.82) is 0 Å². The standard InChI is InChI=1S/C20H29F2N3O4/c1-4-5-6-17(23)20(28)25(7-8-29-3)19(27)13(2)24-18(26)11-14-9-15(21)12-16(22)10-14/h9-10,12-13,17H,4-8,11,23H2,1-3H3,(H,24,26)/t13-,17?/m0/s1. The van der Waals surface area contributed by atoms with Gasteiger partial charge >= 0.3 is 0 Å². The molecule has 0 fully saturated rings. The number of methoxy groups -OCH3 is 1. The monoisotopic (exact) mass is 413 g/mol. The van der Waals surface area contributed by atoms with Gasteiger partial charge in [-0.05, 0) is 31.0 Å². The van der Waals surface area contributed by atoms with Crippen molar-refractivity contribution in [3.05, 3.63) is 35.4 Å². The molecule has 3 amide bonds. The van der Waals surface area contributed by atoms with Crippen LogP contribution in [0.3, 0.4) is 0 Å². The molecule has 2 atom stereocenters. The van der Waals surface area contributed by atoms with Gasteiger partial charge in [0.25, 0.3) is 5.91 Å². The summed E-state index contributed by atoms with van der Waals surface area (Å²) in [6, 6.07) is 0.926. The minimum atomic E-state index is -1.03.